The fourth-order valence-corrected chi connectivity index (χ4v) is 2.24. The number of rotatable bonds is 4. The number of ether oxygens (including phenoxy) is 1. The van der Waals surface area contributed by atoms with Crippen molar-refractivity contribution in [3.63, 3.8) is 0 Å². The van der Waals surface area contributed by atoms with Gasteiger partial charge < -0.3 is 4.74 Å². The van der Waals surface area contributed by atoms with Crippen molar-refractivity contribution in [3.8, 4) is 6.07 Å². The van der Waals surface area contributed by atoms with Crippen LogP contribution in [-0.2, 0) is 14.3 Å². The average Bonchev–Trinajstić information content (AvgIpc) is 2.83. The maximum atomic E-state index is 11.4. The highest BCUT2D eigenvalue weighted by Gasteiger charge is 2.14. The van der Waals surface area contributed by atoms with Crippen molar-refractivity contribution in [2.75, 3.05) is 18.6 Å². The van der Waals surface area contributed by atoms with Gasteiger partial charge in [0, 0.05) is 18.8 Å². The van der Waals surface area contributed by atoms with Crippen LogP contribution in [0.25, 0.3) is 6.08 Å². The van der Waals surface area contributed by atoms with Gasteiger partial charge in [-0.2, -0.15) is 5.26 Å². The smallest absolute Gasteiger partial charge is 0.348 e. The number of hydrogen-bond acceptors (Lipinski definition) is 6. The van der Waals surface area contributed by atoms with E-state index >= 15 is 0 Å². The summed E-state index contributed by atoms with van der Waals surface area (Å²) < 4.78 is 4.47. The Morgan fingerprint density at radius 1 is 1.63 bits per heavy atom. The number of nitrogens with zero attached hydrogens (tertiary/aromatic N) is 3. The number of anilines is 1. The van der Waals surface area contributed by atoms with Crippen molar-refractivity contribution < 1.29 is 14.3 Å². The molecular weight excluding hydrogens is 266 g/mol. The molecule has 0 unspecified atom stereocenters. The third kappa shape index (κ3) is 3.63. The van der Waals surface area contributed by atoms with E-state index in [2.05, 4.69) is 9.72 Å². The Morgan fingerprint density at radius 2 is 2.32 bits per heavy atom. The quantitative estimate of drug-likeness (QED) is 0.475. The van der Waals surface area contributed by atoms with Crippen LogP contribution in [0.15, 0.2) is 11.0 Å². The van der Waals surface area contributed by atoms with Crippen LogP contribution in [0.5, 0.6) is 0 Å². The molecule has 0 N–H and O–H groups in total. The molecule has 1 aromatic rings. The molecule has 6 nitrogen and oxygen atoms in total. The van der Waals surface area contributed by atoms with Gasteiger partial charge in [0.2, 0.25) is 5.91 Å². The lowest BCUT2D eigenvalue weighted by atomic mass is 10.2. The maximum Gasteiger partial charge on any atom is 0.348 e. The SMILES string of the molecule is CCN(C(C)=O)c1nc(/C=C(\C#N)C(=O)OC)cs1. The number of carbonyl (C=O) groups excluding carboxylic acids is 2. The summed E-state index contributed by atoms with van der Waals surface area (Å²) in [4.78, 5) is 28.3. The number of amides is 1. The second-order valence-corrected chi connectivity index (χ2v) is 4.32. The molecule has 1 amide bonds. The zero-order valence-corrected chi connectivity index (χ0v) is 11.7. The van der Waals surface area contributed by atoms with E-state index in [0.29, 0.717) is 17.4 Å². The van der Waals surface area contributed by atoms with Crippen LogP contribution in [0.1, 0.15) is 19.5 Å². The summed E-state index contributed by atoms with van der Waals surface area (Å²) in [6, 6.07) is 1.75. The van der Waals surface area contributed by atoms with Gasteiger partial charge in [0.15, 0.2) is 5.13 Å². The number of nitriles is 1. The number of methoxy groups -OCH3 is 1. The van der Waals surface area contributed by atoms with Crippen LogP contribution in [-0.4, -0.2) is 30.5 Å². The van der Waals surface area contributed by atoms with Gasteiger partial charge in [-0.25, -0.2) is 9.78 Å². The molecule has 19 heavy (non-hydrogen) atoms. The van der Waals surface area contributed by atoms with Crippen molar-refractivity contribution >= 4 is 34.4 Å². The van der Waals surface area contributed by atoms with E-state index in [1.54, 1.807) is 11.4 Å². The largest absolute Gasteiger partial charge is 0.465 e. The first-order chi connectivity index (χ1) is 9.03. The molecule has 0 aliphatic rings. The normalized spacial score (nSPS) is 10.7. The fourth-order valence-electron chi connectivity index (χ4n) is 1.35. The van der Waals surface area contributed by atoms with Crippen LogP contribution in [0, 0.1) is 11.3 Å². The summed E-state index contributed by atoms with van der Waals surface area (Å²) in [5.74, 6) is -0.822. The van der Waals surface area contributed by atoms with E-state index in [4.69, 9.17) is 5.26 Å². The van der Waals surface area contributed by atoms with Gasteiger partial charge in [0.25, 0.3) is 0 Å². The van der Waals surface area contributed by atoms with Crippen molar-refractivity contribution in [1.82, 2.24) is 4.98 Å². The second kappa shape index (κ2) is 6.66. The second-order valence-electron chi connectivity index (χ2n) is 3.48. The molecule has 0 saturated heterocycles. The van der Waals surface area contributed by atoms with Crippen LogP contribution in [0.4, 0.5) is 5.13 Å². The van der Waals surface area contributed by atoms with E-state index in [1.807, 2.05) is 6.92 Å². The highest BCUT2D eigenvalue weighted by molar-refractivity contribution is 7.14. The molecule has 0 atom stereocenters. The van der Waals surface area contributed by atoms with Gasteiger partial charge in [0.1, 0.15) is 11.6 Å². The average molecular weight is 279 g/mol. The minimum Gasteiger partial charge on any atom is -0.465 e. The van der Waals surface area contributed by atoms with Gasteiger partial charge in [-0.3, -0.25) is 9.69 Å². The first kappa shape index (κ1) is 14.9. The lowest BCUT2D eigenvalue weighted by molar-refractivity contribution is -0.135. The van der Waals surface area contributed by atoms with Crippen molar-refractivity contribution in [1.29, 1.82) is 5.26 Å². The van der Waals surface area contributed by atoms with E-state index < -0.39 is 5.97 Å². The fraction of sp³-hybridized carbons (Fsp3) is 0.333. The lowest BCUT2D eigenvalue weighted by Gasteiger charge is -2.14. The third-order valence-electron chi connectivity index (χ3n) is 2.26. The molecule has 0 spiro atoms. The number of aromatic nitrogens is 1. The van der Waals surface area contributed by atoms with Crippen molar-refractivity contribution in [2.45, 2.75) is 13.8 Å². The number of hydrogen-bond donors (Lipinski definition) is 0. The predicted molar refractivity (Wildman–Crippen MR) is 71.4 cm³/mol. The summed E-state index contributed by atoms with van der Waals surface area (Å²) in [6.07, 6.45) is 1.33. The predicted octanol–water partition coefficient (Wildman–Crippen LogP) is 1.60. The maximum absolute atomic E-state index is 11.4. The Kier molecular flexibility index (Phi) is 5.21. The molecule has 0 aliphatic heterocycles. The minimum atomic E-state index is -0.712. The van der Waals surface area contributed by atoms with Crippen LogP contribution in [0.3, 0.4) is 0 Å². The summed E-state index contributed by atoms with van der Waals surface area (Å²) >= 11 is 1.27. The van der Waals surface area contributed by atoms with Crippen LogP contribution >= 0.6 is 11.3 Å². The first-order valence-electron chi connectivity index (χ1n) is 5.47. The molecule has 1 heterocycles. The Hall–Kier alpha value is -2.20. The van der Waals surface area contributed by atoms with E-state index in [0.717, 1.165) is 0 Å². The number of carbonyl (C=O) groups is 2. The first-order valence-corrected chi connectivity index (χ1v) is 6.35. The molecule has 7 heteroatoms. The highest BCUT2D eigenvalue weighted by Crippen LogP contribution is 2.22. The summed E-state index contributed by atoms with van der Waals surface area (Å²) in [7, 11) is 1.20. The van der Waals surface area contributed by atoms with E-state index in [9.17, 15) is 9.59 Å². The topological polar surface area (TPSA) is 83.3 Å². The lowest BCUT2D eigenvalue weighted by Crippen LogP contribution is -2.27. The van der Waals surface area contributed by atoms with Gasteiger partial charge in [0.05, 0.1) is 12.8 Å². The molecule has 1 aromatic heterocycles. The molecule has 0 radical (unpaired) electrons. The molecule has 0 bridgehead atoms. The van der Waals surface area contributed by atoms with Gasteiger partial charge >= 0.3 is 5.97 Å². The third-order valence-corrected chi connectivity index (χ3v) is 3.14. The molecule has 0 fully saturated rings. The van der Waals surface area contributed by atoms with Crippen molar-refractivity contribution in [3.05, 3.63) is 16.6 Å². The zero-order valence-electron chi connectivity index (χ0n) is 10.8. The van der Waals surface area contributed by atoms with E-state index in [-0.39, 0.29) is 11.5 Å². The monoisotopic (exact) mass is 279 g/mol. The van der Waals surface area contributed by atoms with E-state index in [1.165, 1.54) is 36.3 Å². The van der Waals surface area contributed by atoms with Gasteiger partial charge in [-0.15, -0.1) is 11.3 Å². The summed E-state index contributed by atoms with van der Waals surface area (Å²) in [5, 5.41) is 11.0. The summed E-state index contributed by atoms with van der Waals surface area (Å²) in [5.41, 5.74) is 0.312. The Morgan fingerprint density at radius 3 is 2.79 bits per heavy atom. The number of esters is 1. The van der Waals surface area contributed by atoms with Crippen LogP contribution in [0.2, 0.25) is 0 Å². The van der Waals surface area contributed by atoms with Gasteiger partial charge in [-0.1, -0.05) is 0 Å². The molecule has 0 aliphatic carbocycles. The minimum absolute atomic E-state index is 0.110. The molecular formula is C12H13N3O3S. The Bertz CT molecular complexity index is 557. The van der Waals surface area contributed by atoms with Gasteiger partial charge in [-0.05, 0) is 13.0 Å². The molecule has 1 rings (SSSR count). The van der Waals surface area contributed by atoms with Crippen molar-refractivity contribution in [2.24, 2.45) is 0 Å². The number of thiazole rings is 1. The highest BCUT2D eigenvalue weighted by atomic mass is 32.1. The summed E-state index contributed by atoms with van der Waals surface area (Å²) in [6.45, 7) is 3.80. The molecule has 0 aromatic carbocycles. The zero-order chi connectivity index (χ0) is 14.4. The Labute approximate surface area is 114 Å². The standard InChI is InChI=1S/C12H13N3O3S/c1-4-15(8(2)16)12-14-10(7-19-12)5-9(6-13)11(17)18-3/h5,7H,4H2,1-3H3/b9-5+. The van der Waals surface area contributed by atoms with Crippen LogP contribution < -0.4 is 4.90 Å². The Balaban J connectivity index is 3.03. The molecule has 0 saturated carbocycles. The molecule has 100 valence electrons.